The summed E-state index contributed by atoms with van der Waals surface area (Å²) in [5.41, 5.74) is 11.7. The predicted octanol–water partition coefficient (Wildman–Crippen LogP) is 4.10. The lowest BCUT2D eigenvalue weighted by atomic mass is 10.1. The lowest BCUT2D eigenvalue weighted by molar-refractivity contribution is 0.00613. The van der Waals surface area contributed by atoms with Gasteiger partial charge in [0.2, 0.25) is 0 Å². The number of hydrogen-bond acceptors (Lipinski definition) is 5. The van der Waals surface area contributed by atoms with Gasteiger partial charge in [0.15, 0.2) is 0 Å². The van der Waals surface area contributed by atoms with E-state index < -0.39 is 30.0 Å². The van der Waals surface area contributed by atoms with Crippen LogP contribution in [-0.2, 0) is 9.47 Å². The summed E-state index contributed by atoms with van der Waals surface area (Å²) in [7, 11) is 0. The molecule has 2 atom stereocenters. The van der Waals surface area contributed by atoms with Crippen molar-refractivity contribution in [3.63, 3.8) is 0 Å². The first kappa shape index (κ1) is 17.5. The molecule has 0 radical (unpaired) electrons. The van der Waals surface area contributed by atoms with Crippen LogP contribution in [0.5, 0.6) is 0 Å². The van der Waals surface area contributed by atoms with Crippen LogP contribution in [0.4, 0.5) is 25.0 Å². The summed E-state index contributed by atoms with van der Waals surface area (Å²) in [4.78, 5) is 11.8. The Balaban J connectivity index is 1.98. The second-order valence-corrected chi connectivity index (χ2v) is 5.33. The Kier molecular flexibility index (Phi) is 5.23. The Bertz CT molecular complexity index is 691. The zero-order valence-electron chi connectivity index (χ0n) is 13.3. The first-order chi connectivity index (χ1) is 11.3. The number of carbonyl (C=O) groups is 1. The van der Waals surface area contributed by atoms with Gasteiger partial charge in [-0.2, -0.15) is 0 Å². The Labute approximate surface area is 138 Å². The number of ether oxygens (including phenoxy) is 2. The topological polar surface area (TPSA) is 87.6 Å². The van der Waals surface area contributed by atoms with Gasteiger partial charge in [-0.15, -0.1) is 0 Å². The van der Waals surface area contributed by atoms with E-state index in [-0.39, 0.29) is 11.4 Å². The third-order valence-corrected chi connectivity index (χ3v) is 3.53. The first-order valence-electron chi connectivity index (χ1n) is 7.25. The molecule has 0 amide bonds. The second kappa shape index (κ2) is 7.16. The average molecular weight is 336 g/mol. The summed E-state index contributed by atoms with van der Waals surface area (Å²) < 4.78 is 37.1. The van der Waals surface area contributed by atoms with E-state index in [2.05, 4.69) is 0 Å². The van der Waals surface area contributed by atoms with Gasteiger partial charge in [-0.25, -0.2) is 13.6 Å². The molecule has 0 saturated carbocycles. The minimum Gasteiger partial charge on any atom is -0.426 e. The summed E-state index contributed by atoms with van der Waals surface area (Å²) in [6.07, 6.45) is -2.42. The van der Waals surface area contributed by atoms with Gasteiger partial charge in [0.25, 0.3) is 0 Å². The van der Waals surface area contributed by atoms with Gasteiger partial charge in [0, 0.05) is 0 Å². The summed E-state index contributed by atoms with van der Waals surface area (Å²) in [5, 5.41) is 0. The second-order valence-electron chi connectivity index (χ2n) is 5.33. The third kappa shape index (κ3) is 4.13. The highest BCUT2D eigenvalue weighted by molar-refractivity contribution is 5.61. The van der Waals surface area contributed by atoms with Crippen LogP contribution in [0.2, 0.25) is 0 Å². The minimum atomic E-state index is -0.954. The molecule has 128 valence electrons. The van der Waals surface area contributed by atoms with E-state index >= 15 is 0 Å². The number of halogens is 2. The van der Waals surface area contributed by atoms with E-state index in [1.165, 1.54) is 24.3 Å². The lowest BCUT2D eigenvalue weighted by Crippen LogP contribution is -2.13. The monoisotopic (exact) mass is 336 g/mol. The number of nitrogen functional groups attached to an aromatic ring is 2. The molecule has 0 aromatic heterocycles. The molecule has 0 fully saturated rings. The molecule has 0 bridgehead atoms. The fourth-order valence-electron chi connectivity index (χ4n) is 2.05. The van der Waals surface area contributed by atoms with Crippen molar-refractivity contribution in [1.82, 2.24) is 0 Å². The van der Waals surface area contributed by atoms with Gasteiger partial charge in [0.1, 0.15) is 23.8 Å². The number of anilines is 2. The van der Waals surface area contributed by atoms with Crippen LogP contribution in [0, 0.1) is 11.6 Å². The van der Waals surface area contributed by atoms with E-state index in [1.54, 1.807) is 26.0 Å². The van der Waals surface area contributed by atoms with Crippen molar-refractivity contribution < 1.29 is 23.0 Å². The number of hydrogen-bond donors (Lipinski definition) is 2. The molecule has 7 heteroatoms. The number of carbonyl (C=O) groups excluding carboxylic acids is 1. The van der Waals surface area contributed by atoms with E-state index in [0.29, 0.717) is 11.1 Å². The summed E-state index contributed by atoms with van der Waals surface area (Å²) in [5.74, 6) is -1.19. The molecule has 0 unspecified atom stereocenters. The highest BCUT2D eigenvalue weighted by Gasteiger charge is 2.18. The maximum absolute atomic E-state index is 13.4. The van der Waals surface area contributed by atoms with Crippen LogP contribution >= 0.6 is 0 Å². The quantitative estimate of drug-likeness (QED) is 0.648. The molecule has 0 aliphatic carbocycles. The van der Waals surface area contributed by atoms with E-state index in [4.69, 9.17) is 20.9 Å². The van der Waals surface area contributed by atoms with Gasteiger partial charge >= 0.3 is 6.16 Å². The molecule has 0 spiro atoms. The van der Waals surface area contributed by atoms with Crippen molar-refractivity contribution in [2.45, 2.75) is 26.1 Å². The molecule has 2 aromatic rings. The maximum Gasteiger partial charge on any atom is 0.509 e. The summed E-state index contributed by atoms with van der Waals surface area (Å²) in [6, 6.07) is 8.24. The van der Waals surface area contributed by atoms with Gasteiger partial charge in [-0.1, -0.05) is 12.1 Å². The highest BCUT2D eigenvalue weighted by atomic mass is 19.1. The molecule has 2 aromatic carbocycles. The van der Waals surface area contributed by atoms with Gasteiger partial charge in [-0.05, 0) is 49.2 Å². The number of nitrogens with two attached hydrogens (primary N) is 2. The van der Waals surface area contributed by atoms with Crippen LogP contribution in [0.1, 0.15) is 37.2 Å². The third-order valence-electron chi connectivity index (χ3n) is 3.53. The van der Waals surface area contributed by atoms with Crippen molar-refractivity contribution in [3.05, 3.63) is 59.2 Å². The SMILES string of the molecule is C[C@H](OC(=O)O[C@@H](C)c1ccc(N)c(F)c1)c1ccc(N)c(F)c1. The Morgan fingerprint density at radius 2 is 1.25 bits per heavy atom. The van der Waals surface area contributed by atoms with E-state index in [9.17, 15) is 13.6 Å². The zero-order valence-corrected chi connectivity index (χ0v) is 13.3. The van der Waals surface area contributed by atoms with Gasteiger partial charge < -0.3 is 20.9 Å². The van der Waals surface area contributed by atoms with Crippen LogP contribution in [-0.4, -0.2) is 6.16 Å². The smallest absolute Gasteiger partial charge is 0.426 e. The molecule has 24 heavy (non-hydrogen) atoms. The van der Waals surface area contributed by atoms with E-state index in [0.717, 1.165) is 0 Å². The summed E-state index contributed by atoms with van der Waals surface area (Å²) >= 11 is 0. The van der Waals surface area contributed by atoms with Crippen LogP contribution in [0.15, 0.2) is 36.4 Å². The van der Waals surface area contributed by atoms with Crippen molar-refractivity contribution in [1.29, 1.82) is 0 Å². The van der Waals surface area contributed by atoms with Crippen molar-refractivity contribution >= 4 is 17.5 Å². The average Bonchev–Trinajstić information content (AvgIpc) is 2.52. The highest BCUT2D eigenvalue weighted by Crippen LogP contribution is 2.24. The Morgan fingerprint density at radius 3 is 1.58 bits per heavy atom. The largest absolute Gasteiger partial charge is 0.509 e. The molecule has 0 heterocycles. The fraction of sp³-hybridized carbons (Fsp3) is 0.235. The normalized spacial score (nSPS) is 13.2. The van der Waals surface area contributed by atoms with Crippen LogP contribution in [0.25, 0.3) is 0 Å². The van der Waals surface area contributed by atoms with Crippen molar-refractivity contribution in [3.8, 4) is 0 Å². The fourth-order valence-corrected chi connectivity index (χ4v) is 2.05. The molecule has 0 aliphatic rings. The maximum atomic E-state index is 13.4. The number of rotatable bonds is 4. The molecule has 5 nitrogen and oxygen atoms in total. The van der Waals surface area contributed by atoms with Gasteiger partial charge in [-0.3, -0.25) is 0 Å². The van der Waals surface area contributed by atoms with Gasteiger partial charge in [0.05, 0.1) is 11.4 Å². The molecular weight excluding hydrogens is 318 g/mol. The van der Waals surface area contributed by atoms with Crippen molar-refractivity contribution in [2.75, 3.05) is 11.5 Å². The van der Waals surface area contributed by atoms with Crippen LogP contribution < -0.4 is 11.5 Å². The molecule has 0 aliphatic heterocycles. The Morgan fingerprint density at radius 1 is 0.875 bits per heavy atom. The molecule has 0 saturated heterocycles. The first-order valence-corrected chi connectivity index (χ1v) is 7.25. The van der Waals surface area contributed by atoms with Crippen LogP contribution in [0.3, 0.4) is 0 Å². The van der Waals surface area contributed by atoms with E-state index in [1.807, 2.05) is 0 Å². The lowest BCUT2D eigenvalue weighted by Gasteiger charge is -2.17. The predicted molar refractivity (Wildman–Crippen MR) is 86.0 cm³/mol. The standard InChI is InChI=1S/C17H18F2N2O3/c1-9(11-3-5-15(20)13(18)7-11)23-17(22)24-10(2)12-4-6-16(21)14(19)8-12/h3-10H,20-21H2,1-2H3/t9-,10-/m0/s1. The zero-order chi connectivity index (χ0) is 17.9. The molecule has 2 rings (SSSR count). The summed E-state index contributed by atoms with van der Waals surface area (Å²) in [6.45, 7) is 3.14. The number of benzene rings is 2. The molecular formula is C17H18F2N2O3. The van der Waals surface area contributed by atoms with Crippen molar-refractivity contribution in [2.24, 2.45) is 0 Å². The molecule has 4 N–H and O–H groups in total. The Hall–Kier alpha value is -2.83. The minimum absolute atomic E-state index is 0.00697.